The first-order valence-electron chi connectivity index (χ1n) is 8.75. The van der Waals surface area contributed by atoms with E-state index in [1.165, 1.54) is 12.1 Å². The molecule has 0 fully saturated rings. The van der Waals surface area contributed by atoms with Crippen LogP contribution in [-0.2, 0) is 10.0 Å². The van der Waals surface area contributed by atoms with Gasteiger partial charge in [0, 0.05) is 16.6 Å². The van der Waals surface area contributed by atoms with Crippen LogP contribution < -0.4 is 15.2 Å². The van der Waals surface area contributed by atoms with E-state index < -0.39 is 10.0 Å². The molecule has 7 nitrogen and oxygen atoms in total. The predicted molar refractivity (Wildman–Crippen MR) is 113 cm³/mol. The first kappa shape index (κ1) is 18.9. The van der Waals surface area contributed by atoms with Crippen LogP contribution in [0.25, 0.3) is 22.3 Å². The van der Waals surface area contributed by atoms with Gasteiger partial charge in [-0.3, -0.25) is 0 Å². The fraction of sp³-hybridized carbons (Fsp3) is 0.0476. The van der Waals surface area contributed by atoms with Gasteiger partial charge in [0.1, 0.15) is 11.6 Å². The third-order valence-electron chi connectivity index (χ3n) is 4.40. The Bertz CT molecular complexity index is 1270. The van der Waals surface area contributed by atoms with Crippen LogP contribution in [-0.4, -0.2) is 25.5 Å². The molecule has 4 rings (SSSR count). The van der Waals surface area contributed by atoms with E-state index >= 15 is 0 Å². The molecule has 8 heteroatoms. The zero-order valence-electron chi connectivity index (χ0n) is 15.5. The molecule has 0 radical (unpaired) electrons. The largest absolute Gasteiger partial charge is 0.497 e. The van der Waals surface area contributed by atoms with E-state index in [0.29, 0.717) is 17.3 Å². The van der Waals surface area contributed by atoms with Gasteiger partial charge in [0.2, 0.25) is 10.0 Å². The van der Waals surface area contributed by atoms with Crippen molar-refractivity contribution in [1.82, 2.24) is 9.97 Å². The number of sulfonamides is 1. The minimum absolute atomic E-state index is 0.0505. The summed E-state index contributed by atoms with van der Waals surface area (Å²) in [5.74, 6) is 1.93. The lowest BCUT2D eigenvalue weighted by Gasteiger charge is -2.12. The first-order valence-corrected chi connectivity index (χ1v) is 10.3. The van der Waals surface area contributed by atoms with E-state index in [1.54, 1.807) is 19.2 Å². The number of rotatable bonds is 5. The van der Waals surface area contributed by atoms with E-state index in [9.17, 15) is 8.42 Å². The van der Waals surface area contributed by atoms with E-state index in [2.05, 4.69) is 15.3 Å². The lowest BCUT2D eigenvalue weighted by molar-refractivity contribution is 0.415. The van der Waals surface area contributed by atoms with Crippen molar-refractivity contribution >= 4 is 32.4 Å². The average molecular weight is 406 g/mol. The molecule has 0 unspecified atom stereocenters. The molecule has 0 saturated heterocycles. The molecule has 0 atom stereocenters. The van der Waals surface area contributed by atoms with Crippen LogP contribution in [0.2, 0.25) is 0 Å². The van der Waals surface area contributed by atoms with Crippen molar-refractivity contribution in [1.29, 1.82) is 0 Å². The number of hydrogen-bond acceptors (Lipinski definition) is 6. The van der Waals surface area contributed by atoms with E-state index in [-0.39, 0.29) is 4.90 Å². The van der Waals surface area contributed by atoms with Crippen LogP contribution >= 0.6 is 0 Å². The van der Waals surface area contributed by atoms with Gasteiger partial charge in [-0.05, 0) is 60.7 Å². The third-order valence-corrected chi connectivity index (χ3v) is 5.33. The van der Waals surface area contributed by atoms with E-state index in [0.717, 1.165) is 22.2 Å². The summed E-state index contributed by atoms with van der Waals surface area (Å²) < 4.78 is 28.1. The average Bonchev–Trinajstić information content (AvgIpc) is 2.73. The summed E-state index contributed by atoms with van der Waals surface area (Å²) in [6.45, 7) is 0. The van der Waals surface area contributed by atoms with E-state index in [1.807, 2.05) is 48.5 Å². The van der Waals surface area contributed by atoms with E-state index in [4.69, 9.17) is 9.88 Å². The molecule has 1 aromatic heterocycles. The summed E-state index contributed by atoms with van der Waals surface area (Å²) in [6.07, 6.45) is 0. The van der Waals surface area contributed by atoms with Gasteiger partial charge in [-0.25, -0.2) is 23.5 Å². The topological polar surface area (TPSA) is 107 Å². The number of aromatic nitrogens is 2. The van der Waals surface area contributed by atoms with Crippen molar-refractivity contribution in [3.8, 4) is 17.1 Å². The number of hydrogen-bond donors (Lipinski definition) is 2. The number of nitrogens with one attached hydrogen (secondary N) is 1. The molecule has 0 saturated carbocycles. The molecule has 0 aliphatic heterocycles. The van der Waals surface area contributed by atoms with Gasteiger partial charge in [-0.15, -0.1) is 0 Å². The minimum Gasteiger partial charge on any atom is -0.497 e. The second kappa shape index (κ2) is 7.50. The lowest BCUT2D eigenvalue weighted by Crippen LogP contribution is -2.11. The highest BCUT2D eigenvalue weighted by Gasteiger charge is 2.11. The number of primary sulfonamides is 1. The molecule has 0 aliphatic rings. The molecule has 4 aromatic rings. The van der Waals surface area contributed by atoms with Crippen LogP contribution in [0.4, 0.5) is 11.5 Å². The number of nitrogens with zero attached hydrogens (tertiary/aromatic N) is 2. The Hall–Kier alpha value is -3.49. The van der Waals surface area contributed by atoms with Crippen LogP contribution in [0.1, 0.15) is 0 Å². The van der Waals surface area contributed by atoms with Crippen molar-refractivity contribution in [2.75, 3.05) is 12.4 Å². The van der Waals surface area contributed by atoms with Gasteiger partial charge in [0.05, 0.1) is 17.5 Å². The molecule has 29 heavy (non-hydrogen) atoms. The Kier molecular flexibility index (Phi) is 4.87. The molecular weight excluding hydrogens is 388 g/mol. The molecule has 0 amide bonds. The fourth-order valence-electron chi connectivity index (χ4n) is 2.91. The minimum atomic E-state index is -3.74. The number of nitrogens with two attached hydrogens (primary N) is 1. The summed E-state index contributed by atoms with van der Waals surface area (Å²) in [6, 6.07) is 21.4. The number of para-hydroxylation sites is 1. The number of ether oxygens (including phenoxy) is 1. The highest BCUT2D eigenvalue weighted by molar-refractivity contribution is 7.89. The van der Waals surface area contributed by atoms with Gasteiger partial charge in [-0.2, -0.15) is 0 Å². The van der Waals surface area contributed by atoms with Gasteiger partial charge in [0.15, 0.2) is 5.82 Å². The molecule has 3 N–H and O–H groups in total. The number of fused-ring (bicyclic) bond motifs is 1. The molecule has 0 spiro atoms. The van der Waals surface area contributed by atoms with Gasteiger partial charge in [0.25, 0.3) is 0 Å². The fourth-order valence-corrected chi connectivity index (χ4v) is 3.42. The van der Waals surface area contributed by atoms with Crippen LogP contribution in [0.3, 0.4) is 0 Å². The first-order chi connectivity index (χ1) is 13.9. The van der Waals surface area contributed by atoms with Crippen molar-refractivity contribution < 1.29 is 13.2 Å². The lowest BCUT2D eigenvalue weighted by atomic mass is 10.1. The second-order valence-corrected chi connectivity index (χ2v) is 7.90. The van der Waals surface area contributed by atoms with Crippen molar-refractivity contribution in [3.63, 3.8) is 0 Å². The van der Waals surface area contributed by atoms with Crippen molar-refractivity contribution in [3.05, 3.63) is 72.8 Å². The predicted octanol–water partition coefficient (Wildman–Crippen LogP) is 3.70. The van der Waals surface area contributed by atoms with Gasteiger partial charge >= 0.3 is 0 Å². The highest BCUT2D eigenvalue weighted by atomic mass is 32.2. The monoisotopic (exact) mass is 406 g/mol. The number of benzene rings is 3. The molecule has 0 aliphatic carbocycles. The van der Waals surface area contributed by atoms with Gasteiger partial charge < -0.3 is 10.1 Å². The maximum atomic E-state index is 11.5. The summed E-state index contributed by atoms with van der Waals surface area (Å²) in [4.78, 5) is 9.40. The quantitative estimate of drug-likeness (QED) is 0.523. The smallest absolute Gasteiger partial charge is 0.238 e. The Morgan fingerprint density at radius 3 is 2.24 bits per heavy atom. The molecule has 0 bridgehead atoms. The van der Waals surface area contributed by atoms with Gasteiger partial charge in [-0.1, -0.05) is 12.1 Å². The molecule has 1 heterocycles. The Morgan fingerprint density at radius 2 is 1.59 bits per heavy atom. The highest BCUT2D eigenvalue weighted by Crippen LogP contribution is 2.28. The maximum absolute atomic E-state index is 11.5. The summed E-state index contributed by atoms with van der Waals surface area (Å²) in [7, 11) is -2.12. The summed E-state index contributed by atoms with van der Waals surface area (Å²) >= 11 is 0. The summed E-state index contributed by atoms with van der Waals surface area (Å²) in [5.41, 5.74) is 2.32. The zero-order valence-corrected chi connectivity index (χ0v) is 16.3. The van der Waals surface area contributed by atoms with Crippen LogP contribution in [0.15, 0.2) is 77.7 Å². The molecule has 146 valence electrons. The SMILES string of the molecule is COc1ccc(-c2nc(Nc3ccc(S(N)(=O)=O)cc3)c3ccccc3n2)cc1. The summed E-state index contributed by atoms with van der Waals surface area (Å²) in [5, 5.41) is 9.26. The second-order valence-electron chi connectivity index (χ2n) is 6.34. The molecule has 3 aromatic carbocycles. The normalized spacial score (nSPS) is 11.4. The molecular formula is C21H18N4O3S. The standard InChI is InChI=1S/C21H18N4O3S/c1-28-16-10-6-14(7-11-16)20-24-19-5-3-2-4-18(19)21(25-20)23-15-8-12-17(13-9-15)29(22,26)27/h2-13H,1H3,(H2,22,26,27)(H,23,24,25). The number of anilines is 2. The van der Waals surface area contributed by atoms with Crippen LogP contribution in [0, 0.1) is 0 Å². The van der Waals surface area contributed by atoms with Crippen molar-refractivity contribution in [2.24, 2.45) is 5.14 Å². The van der Waals surface area contributed by atoms with Crippen LogP contribution in [0.5, 0.6) is 5.75 Å². The zero-order chi connectivity index (χ0) is 20.4. The third kappa shape index (κ3) is 4.03. The Balaban J connectivity index is 1.76. The number of methoxy groups -OCH3 is 1. The Morgan fingerprint density at radius 1 is 0.897 bits per heavy atom. The van der Waals surface area contributed by atoms with Crippen molar-refractivity contribution in [2.45, 2.75) is 4.90 Å². The Labute approximate surface area is 168 Å². The maximum Gasteiger partial charge on any atom is 0.238 e.